The molecular formula is C29H37N8O2+. The molecule has 1 aliphatic carbocycles. The summed E-state index contributed by atoms with van der Waals surface area (Å²) in [5, 5.41) is 4.44. The molecule has 10 heteroatoms. The Labute approximate surface area is 229 Å². The molecule has 0 saturated carbocycles. The van der Waals surface area contributed by atoms with Gasteiger partial charge in [0.05, 0.1) is 32.2 Å². The molecule has 1 unspecified atom stereocenters. The van der Waals surface area contributed by atoms with Crippen molar-refractivity contribution in [3.8, 4) is 0 Å². The average Bonchev–Trinajstić information content (AvgIpc) is 3.68. The molecule has 2 aliphatic rings. The van der Waals surface area contributed by atoms with Crippen molar-refractivity contribution in [1.82, 2.24) is 29.6 Å². The van der Waals surface area contributed by atoms with Crippen LogP contribution in [0.15, 0.2) is 72.2 Å². The van der Waals surface area contributed by atoms with Crippen molar-refractivity contribution in [2.45, 2.75) is 45.7 Å². The van der Waals surface area contributed by atoms with Gasteiger partial charge in [0.15, 0.2) is 5.52 Å². The van der Waals surface area contributed by atoms with Gasteiger partial charge in [-0.3, -0.25) is 14.4 Å². The van der Waals surface area contributed by atoms with E-state index in [9.17, 15) is 4.79 Å². The van der Waals surface area contributed by atoms with E-state index in [-0.39, 0.29) is 11.9 Å². The van der Waals surface area contributed by atoms with Gasteiger partial charge in [-0.25, -0.2) is 9.55 Å². The fourth-order valence-electron chi connectivity index (χ4n) is 5.30. The zero-order valence-corrected chi connectivity index (χ0v) is 23.2. The summed E-state index contributed by atoms with van der Waals surface area (Å²) in [7, 11) is 3.90. The fraction of sp³-hybridized carbons (Fsp3) is 0.414. The van der Waals surface area contributed by atoms with E-state index in [1.807, 2.05) is 62.7 Å². The van der Waals surface area contributed by atoms with Crippen LogP contribution in [-0.2, 0) is 30.2 Å². The summed E-state index contributed by atoms with van der Waals surface area (Å²) in [4.78, 5) is 28.7. The van der Waals surface area contributed by atoms with E-state index in [4.69, 9.17) is 4.74 Å². The third-order valence-corrected chi connectivity index (χ3v) is 7.27. The van der Waals surface area contributed by atoms with Gasteiger partial charge in [0, 0.05) is 26.7 Å². The molecule has 1 atom stereocenters. The quantitative estimate of drug-likeness (QED) is 0.428. The van der Waals surface area contributed by atoms with Crippen LogP contribution in [-0.4, -0.2) is 61.3 Å². The zero-order chi connectivity index (χ0) is 27.4. The zero-order valence-electron chi connectivity index (χ0n) is 23.2. The maximum Gasteiger partial charge on any atom is 0.260 e. The number of H-pyrrole nitrogens is 1. The van der Waals surface area contributed by atoms with Crippen LogP contribution in [0.3, 0.4) is 0 Å². The number of anilines is 1. The number of rotatable bonds is 9. The predicted octanol–water partition coefficient (Wildman–Crippen LogP) is 3.27. The van der Waals surface area contributed by atoms with Crippen LogP contribution in [0.5, 0.6) is 0 Å². The van der Waals surface area contributed by atoms with Gasteiger partial charge in [0.25, 0.3) is 11.5 Å². The Morgan fingerprint density at radius 1 is 1.31 bits per heavy atom. The molecule has 0 spiro atoms. The number of aryl methyl sites for hydroxylation is 2. The second kappa shape index (κ2) is 11.7. The molecule has 3 aromatic heterocycles. The van der Waals surface area contributed by atoms with Crippen molar-refractivity contribution in [2.75, 3.05) is 24.6 Å². The molecule has 10 nitrogen and oxygen atoms in total. The van der Waals surface area contributed by atoms with Crippen LogP contribution < -0.4 is 9.47 Å². The number of nitrogens with zero attached hydrogens (tertiary/aromatic N) is 7. The molecule has 0 aromatic carbocycles. The van der Waals surface area contributed by atoms with Crippen molar-refractivity contribution in [1.29, 1.82) is 0 Å². The number of carbonyl (C=O) groups excluding carboxylic acids is 1. The summed E-state index contributed by atoms with van der Waals surface area (Å²) in [6, 6.07) is 2.19. The molecule has 0 bridgehead atoms. The summed E-state index contributed by atoms with van der Waals surface area (Å²) in [5.41, 5.74) is 4.83. The smallest absolute Gasteiger partial charge is 0.260 e. The van der Waals surface area contributed by atoms with Crippen molar-refractivity contribution < 1.29 is 14.1 Å². The number of aromatic nitrogens is 6. The molecular weight excluding hydrogens is 492 g/mol. The molecule has 1 amide bonds. The van der Waals surface area contributed by atoms with Gasteiger partial charge in [0.2, 0.25) is 12.2 Å². The maximum absolute atomic E-state index is 12.4. The van der Waals surface area contributed by atoms with E-state index < -0.39 is 0 Å². The molecule has 39 heavy (non-hydrogen) atoms. The lowest BCUT2D eigenvalue weighted by Crippen LogP contribution is -2.43. The van der Waals surface area contributed by atoms with Gasteiger partial charge in [-0.05, 0) is 49.5 Å². The van der Waals surface area contributed by atoms with Gasteiger partial charge in [-0.2, -0.15) is 5.10 Å². The molecule has 1 aliphatic heterocycles. The summed E-state index contributed by atoms with van der Waals surface area (Å²) in [6.45, 7) is 6.20. The van der Waals surface area contributed by atoms with Crippen molar-refractivity contribution in [3.05, 3.63) is 77.9 Å². The first-order valence-electron chi connectivity index (χ1n) is 13.5. The third-order valence-electron chi connectivity index (χ3n) is 7.27. The highest BCUT2D eigenvalue weighted by molar-refractivity contribution is 5.81. The van der Waals surface area contributed by atoms with Gasteiger partial charge >= 0.3 is 0 Å². The standard InChI is InChI=1S/C29H36N8O2/c1-5-6-8-23-15-22(16-36(21(2)38)17-24-12-14-35(4)33-24)10-11-26(23)39-18-25-9-7-13-37(25)29-27-28(31-19-30-27)32-20-34(29)3/h5-6,8,10-12,14,19-20,25H,7,9,13,15-18H2,1-4H3/p+1. The number of imidazole rings is 1. The number of carbonyl (C=O) groups is 1. The Morgan fingerprint density at radius 3 is 2.95 bits per heavy atom. The van der Waals surface area contributed by atoms with Crippen molar-refractivity contribution in [3.63, 3.8) is 0 Å². The molecule has 4 heterocycles. The highest BCUT2D eigenvalue weighted by Crippen LogP contribution is 2.30. The minimum Gasteiger partial charge on any atom is -0.490 e. The van der Waals surface area contributed by atoms with Crippen LogP contribution in [0.1, 0.15) is 38.8 Å². The lowest BCUT2D eigenvalue weighted by Gasteiger charge is -2.27. The Balaban J connectivity index is 1.31. The second-order valence-electron chi connectivity index (χ2n) is 10.2. The normalized spacial score (nSPS) is 18.7. The van der Waals surface area contributed by atoms with E-state index >= 15 is 0 Å². The Hall–Kier alpha value is -4.21. The van der Waals surface area contributed by atoms with Crippen LogP contribution in [0.25, 0.3) is 11.2 Å². The van der Waals surface area contributed by atoms with Gasteiger partial charge in [-0.15, -0.1) is 0 Å². The summed E-state index contributed by atoms with van der Waals surface area (Å²) < 4.78 is 10.3. The molecule has 5 rings (SSSR count). The van der Waals surface area contributed by atoms with E-state index in [0.29, 0.717) is 19.7 Å². The molecule has 1 N–H and O–H groups in total. The van der Waals surface area contributed by atoms with E-state index in [1.54, 1.807) is 17.9 Å². The maximum atomic E-state index is 12.4. The van der Waals surface area contributed by atoms with Gasteiger partial charge < -0.3 is 14.6 Å². The Kier molecular flexibility index (Phi) is 7.90. The fourth-order valence-corrected chi connectivity index (χ4v) is 5.30. The number of hydrogen-bond donors (Lipinski definition) is 1. The summed E-state index contributed by atoms with van der Waals surface area (Å²) in [5.74, 6) is 2.00. The average molecular weight is 530 g/mol. The number of nitrogens with one attached hydrogen (secondary N) is 1. The SMILES string of the molecule is CC=CC=C1CC(CN(Cc2ccn(C)n2)C(C)=O)=CC=C1OCC1CCCN1c1c2[nH]cnc2nc[n+]1C. The first kappa shape index (κ1) is 26.4. The van der Waals surface area contributed by atoms with E-state index in [1.165, 1.54) is 0 Å². The number of ether oxygens (including phenoxy) is 1. The van der Waals surface area contributed by atoms with E-state index in [0.717, 1.165) is 65.4 Å². The number of fused-ring (bicyclic) bond motifs is 1. The molecule has 3 aromatic rings. The molecule has 204 valence electrons. The highest BCUT2D eigenvalue weighted by Gasteiger charge is 2.34. The number of aromatic amines is 1. The van der Waals surface area contributed by atoms with Crippen molar-refractivity contribution >= 4 is 22.9 Å². The topological polar surface area (TPSA) is 96.0 Å². The van der Waals surface area contributed by atoms with Gasteiger partial charge in [0.1, 0.15) is 18.4 Å². The minimum absolute atomic E-state index is 0.0311. The second-order valence-corrected chi connectivity index (χ2v) is 10.2. The largest absolute Gasteiger partial charge is 0.490 e. The predicted molar refractivity (Wildman–Crippen MR) is 149 cm³/mol. The highest BCUT2D eigenvalue weighted by atomic mass is 16.5. The summed E-state index contributed by atoms with van der Waals surface area (Å²) in [6.07, 6.45) is 18.6. The summed E-state index contributed by atoms with van der Waals surface area (Å²) >= 11 is 0. The van der Waals surface area contributed by atoms with Crippen LogP contribution in [0.2, 0.25) is 0 Å². The molecule has 1 saturated heterocycles. The first-order valence-corrected chi connectivity index (χ1v) is 13.5. The van der Waals surface area contributed by atoms with Crippen LogP contribution >= 0.6 is 0 Å². The van der Waals surface area contributed by atoms with Crippen LogP contribution in [0.4, 0.5) is 5.82 Å². The molecule has 0 radical (unpaired) electrons. The van der Waals surface area contributed by atoms with E-state index in [2.05, 4.69) is 41.7 Å². The number of hydrogen-bond acceptors (Lipinski definition) is 6. The van der Waals surface area contributed by atoms with Crippen molar-refractivity contribution in [2.24, 2.45) is 14.1 Å². The van der Waals surface area contributed by atoms with Crippen LogP contribution in [0, 0.1) is 0 Å². The molecule has 1 fully saturated rings. The minimum atomic E-state index is 0.0311. The third kappa shape index (κ3) is 5.94. The monoisotopic (exact) mass is 529 g/mol. The lowest BCUT2D eigenvalue weighted by atomic mass is 9.97. The lowest BCUT2D eigenvalue weighted by molar-refractivity contribution is -0.660. The number of allylic oxidation sites excluding steroid dienone is 6. The number of amides is 1. The first-order chi connectivity index (χ1) is 18.9. The Bertz CT molecular complexity index is 1460. The van der Waals surface area contributed by atoms with Gasteiger partial charge in [-0.1, -0.05) is 29.3 Å². The Morgan fingerprint density at radius 2 is 2.18 bits per heavy atom.